The monoisotopic (exact) mass is 333 g/mol. The van der Waals surface area contributed by atoms with Crippen LogP contribution in [0.2, 0.25) is 0 Å². The van der Waals surface area contributed by atoms with Crippen molar-refractivity contribution >= 4 is 11.4 Å². The molecule has 0 atom stereocenters. The summed E-state index contributed by atoms with van der Waals surface area (Å²) in [5, 5.41) is 27.6. The highest BCUT2D eigenvalue weighted by Crippen LogP contribution is 2.26. The topological polar surface area (TPSA) is 96.8 Å². The third-order valence-corrected chi connectivity index (χ3v) is 3.75. The maximum atomic E-state index is 11.2. The van der Waals surface area contributed by atoms with Crippen LogP contribution in [0.4, 0.5) is 11.4 Å². The van der Waals surface area contributed by atoms with Crippen molar-refractivity contribution in [1.82, 2.24) is 9.78 Å². The maximum absolute atomic E-state index is 11.2. The molecule has 0 unspecified atom stereocenters. The number of nitrogens with one attached hydrogen (secondary N) is 1. The van der Waals surface area contributed by atoms with Crippen LogP contribution in [-0.4, -0.2) is 14.7 Å². The highest BCUT2D eigenvalue weighted by atomic mass is 16.6. The SMILES string of the molecule is Cc1ccn(-c2ccccc2CNc2ccc(C#N)cc2[N+](=O)[O-])n1. The number of nitro benzene ring substituents is 1. The number of rotatable bonds is 5. The molecule has 0 radical (unpaired) electrons. The molecule has 0 saturated carbocycles. The molecule has 1 N–H and O–H groups in total. The first-order valence-electron chi connectivity index (χ1n) is 7.61. The molecule has 2 aromatic carbocycles. The molecular weight excluding hydrogens is 318 g/mol. The van der Waals surface area contributed by atoms with E-state index >= 15 is 0 Å². The van der Waals surface area contributed by atoms with E-state index in [2.05, 4.69) is 10.4 Å². The van der Waals surface area contributed by atoms with Crippen molar-refractivity contribution < 1.29 is 4.92 Å². The first-order chi connectivity index (χ1) is 12.1. The minimum absolute atomic E-state index is 0.119. The van der Waals surface area contributed by atoms with E-state index in [1.165, 1.54) is 6.07 Å². The lowest BCUT2D eigenvalue weighted by Crippen LogP contribution is -2.07. The number of aryl methyl sites for hydroxylation is 1. The molecule has 0 aliphatic heterocycles. The van der Waals surface area contributed by atoms with Gasteiger partial charge >= 0.3 is 0 Å². The summed E-state index contributed by atoms with van der Waals surface area (Å²) in [4.78, 5) is 10.7. The summed E-state index contributed by atoms with van der Waals surface area (Å²) in [5.41, 5.74) is 3.26. The first kappa shape index (κ1) is 16.2. The summed E-state index contributed by atoms with van der Waals surface area (Å²) in [5.74, 6) is 0. The normalized spacial score (nSPS) is 10.2. The molecule has 3 aromatic rings. The van der Waals surface area contributed by atoms with Gasteiger partial charge in [0.15, 0.2) is 0 Å². The van der Waals surface area contributed by atoms with Crippen molar-refractivity contribution in [3.63, 3.8) is 0 Å². The average Bonchev–Trinajstić information content (AvgIpc) is 3.06. The Kier molecular flexibility index (Phi) is 4.44. The predicted molar refractivity (Wildman–Crippen MR) is 93.4 cm³/mol. The summed E-state index contributed by atoms with van der Waals surface area (Å²) < 4.78 is 1.78. The van der Waals surface area contributed by atoms with Gasteiger partial charge in [-0.3, -0.25) is 10.1 Å². The maximum Gasteiger partial charge on any atom is 0.293 e. The summed E-state index contributed by atoms with van der Waals surface area (Å²) in [6.45, 7) is 2.30. The summed E-state index contributed by atoms with van der Waals surface area (Å²) in [6, 6.07) is 15.9. The highest BCUT2D eigenvalue weighted by Gasteiger charge is 2.15. The van der Waals surface area contributed by atoms with Gasteiger partial charge in [0.2, 0.25) is 0 Å². The number of hydrogen-bond acceptors (Lipinski definition) is 5. The number of aromatic nitrogens is 2. The smallest absolute Gasteiger partial charge is 0.293 e. The van der Waals surface area contributed by atoms with Gasteiger partial charge in [0.1, 0.15) is 5.69 Å². The van der Waals surface area contributed by atoms with E-state index in [0.717, 1.165) is 16.9 Å². The van der Waals surface area contributed by atoms with Crippen molar-refractivity contribution in [3.05, 3.63) is 81.7 Å². The van der Waals surface area contributed by atoms with Crippen molar-refractivity contribution in [2.75, 3.05) is 5.32 Å². The molecule has 0 aliphatic rings. The second kappa shape index (κ2) is 6.84. The van der Waals surface area contributed by atoms with Gasteiger partial charge in [0.05, 0.1) is 27.9 Å². The lowest BCUT2D eigenvalue weighted by Gasteiger charge is -2.12. The van der Waals surface area contributed by atoms with Crippen LogP contribution in [0.3, 0.4) is 0 Å². The highest BCUT2D eigenvalue weighted by molar-refractivity contribution is 5.64. The van der Waals surface area contributed by atoms with E-state index in [1.807, 2.05) is 49.5 Å². The number of anilines is 1. The molecule has 3 rings (SSSR count). The molecule has 25 heavy (non-hydrogen) atoms. The van der Waals surface area contributed by atoms with Gasteiger partial charge < -0.3 is 5.32 Å². The zero-order valence-corrected chi connectivity index (χ0v) is 13.5. The minimum atomic E-state index is -0.494. The average molecular weight is 333 g/mol. The molecule has 0 amide bonds. The van der Waals surface area contributed by atoms with Crippen LogP contribution in [0, 0.1) is 28.4 Å². The standard InChI is InChI=1S/C18H15N5O2/c1-13-8-9-22(21-13)17-5-3-2-4-15(17)12-20-16-7-6-14(11-19)10-18(16)23(24)25/h2-10,20H,12H2,1H3. The van der Waals surface area contributed by atoms with E-state index in [4.69, 9.17) is 5.26 Å². The molecule has 0 bridgehead atoms. The summed E-state index contributed by atoms with van der Waals surface area (Å²) in [7, 11) is 0. The van der Waals surface area contributed by atoms with Crippen molar-refractivity contribution in [2.24, 2.45) is 0 Å². The van der Waals surface area contributed by atoms with Crippen LogP contribution in [0.1, 0.15) is 16.8 Å². The van der Waals surface area contributed by atoms with E-state index in [-0.39, 0.29) is 11.3 Å². The lowest BCUT2D eigenvalue weighted by molar-refractivity contribution is -0.384. The van der Waals surface area contributed by atoms with Crippen molar-refractivity contribution in [1.29, 1.82) is 5.26 Å². The second-order valence-electron chi connectivity index (χ2n) is 5.48. The van der Waals surface area contributed by atoms with E-state index in [1.54, 1.807) is 16.8 Å². The summed E-state index contributed by atoms with van der Waals surface area (Å²) >= 11 is 0. The number of benzene rings is 2. The number of nitro groups is 1. The Morgan fingerprint density at radius 2 is 2.08 bits per heavy atom. The Balaban J connectivity index is 1.88. The van der Waals surface area contributed by atoms with Gasteiger partial charge in [-0.05, 0) is 36.8 Å². The van der Waals surface area contributed by atoms with Crippen LogP contribution in [0.5, 0.6) is 0 Å². The Bertz CT molecular complexity index is 972. The number of nitriles is 1. The van der Waals surface area contributed by atoms with E-state index in [0.29, 0.717) is 12.2 Å². The predicted octanol–water partition coefficient (Wildman–Crippen LogP) is 3.57. The number of para-hydroxylation sites is 1. The fraction of sp³-hybridized carbons (Fsp3) is 0.111. The van der Waals surface area contributed by atoms with Gasteiger partial charge in [0.25, 0.3) is 5.69 Å². The fourth-order valence-electron chi connectivity index (χ4n) is 2.53. The molecule has 124 valence electrons. The molecular formula is C18H15N5O2. The third kappa shape index (κ3) is 3.48. The van der Waals surface area contributed by atoms with Crippen LogP contribution in [-0.2, 0) is 6.54 Å². The Morgan fingerprint density at radius 1 is 1.28 bits per heavy atom. The number of nitrogens with zero attached hydrogens (tertiary/aromatic N) is 4. The lowest BCUT2D eigenvalue weighted by atomic mass is 10.1. The summed E-state index contributed by atoms with van der Waals surface area (Å²) in [6.07, 6.45) is 1.87. The molecule has 1 heterocycles. The van der Waals surface area contributed by atoms with Gasteiger partial charge in [0, 0.05) is 18.8 Å². The third-order valence-electron chi connectivity index (χ3n) is 3.75. The van der Waals surface area contributed by atoms with Crippen molar-refractivity contribution in [3.8, 4) is 11.8 Å². The molecule has 0 saturated heterocycles. The van der Waals surface area contributed by atoms with Gasteiger partial charge in [-0.1, -0.05) is 18.2 Å². The molecule has 0 fully saturated rings. The zero-order chi connectivity index (χ0) is 17.8. The molecule has 0 spiro atoms. The van der Waals surface area contributed by atoms with Gasteiger partial charge in [-0.25, -0.2) is 4.68 Å². The largest absolute Gasteiger partial charge is 0.375 e. The van der Waals surface area contributed by atoms with Crippen LogP contribution < -0.4 is 5.32 Å². The minimum Gasteiger partial charge on any atom is -0.375 e. The Hall–Kier alpha value is -3.66. The Labute approximate surface area is 144 Å². The fourth-order valence-corrected chi connectivity index (χ4v) is 2.53. The van der Waals surface area contributed by atoms with Crippen LogP contribution in [0.25, 0.3) is 5.69 Å². The molecule has 7 nitrogen and oxygen atoms in total. The van der Waals surface area contributed by atoms with Gasteiger partial charge in [-0.2, -0.15) is 10.4 Å². The van der Waals surface area contributed by atoms with E-state index < -0.39 is 4.92 Å². The quantitative estimate of drug-likeness (QED) is 0.568. The van der Waals surface area contributed by atoms with Gasteiger partial charge in [-0.15, -0.1) is 0 Å². The zero-order valence-electron chi connectivity index (χ0n) is 13.5. The first-order valence-corrected chi connectivity index (χ1v) is 7.61. The molecule has 1 aromatic heterocycles. The molecule has 0 aliphatic carbocycles. The van der Waals surface area contributed by atoms with Crippen molar-refractivity contribution in [2.45, 2.75) is 13.5 Å². The van der Waals surface area contributed by atoms with Crippen LogP contribution in [0.15, 0.2) is 54.7 Å². The second-order valence-corrected chi connectivity index (χ2v) is 5.48. The number of hydrogen-bond donors (Lipinski definition) is 1. The van der Waals surface area contributed by atoms with Crippen LogP contribution >= 0.6 is 0 Å². The molecule has 7 heteroatoms. The Morgan fingerprint density at radius 3 is 2.76 bits per heavy atom. The van der Waals surface area contributed by atoms with E-state index in [9.17, 15) is 10.1 Å².